The summed E-state index contributed by atoms with van der Waals surface area (Å²) in [7, 11) is 3.29. The number of thioether (sulfide) groups is 1. The number of carbonyl (C=O) groups is 2. The van der Waals surface area contributed by atoms with E-state index in [0.29, 0.717) is 10.7 Å². The summed E-state index contributed by atoms with van der Waals surface area (Å²) in [6.07, 6.45) is 0. The number of amides is 2. The van der Waals surface area contributed by atoms with E-state index in [1.165, 1.54) is 4.90 Å². The first-order valence-electron chi connectivity index (χ1n) is 4.88. The molecule has 92 valence electrons. The molecule has 1 rings (SSSR count). The Bertz CT molecular complexity index is 406. The third-order valence-electron chi connectivity index (χ3n) is 1.82. The minimum absolute atomic E-state index is 0.0969. The maximum atomic E-state index is 11.5. The van der Waals surface area contributed by atoms with Crippen molar-refractivity contribution in [3.05, 3.63) is 29.3 Å². The Morgan fingerprint density at radius 1 is 1.29 bits per heavy atom. The van der Waals surface area contributed by atoms with E-state index in [1.807, 2.05) is 0 Å². The molecule has 4 nitrogen and oxygen atoms in total. The van der Waals surface area contributed by atoms with Gasteiger partial charge in [0.2, 0.25) is 5.91 Å². The molecule has 1 aromatic rings. The van der Waals surface area contributed by atoms with Gasteiger partial charge in [-0.1, -0.05) is 23.4 Å². The number of nitrogens with zero attached hydrogens (tertiary/aromatic N) is 1. The van der Waals surface area contributed by atoms with Gasteiger partial charge in [0.25, 0.3) is 5.24 Å². The van der Waals surface area contributed by atoms with Gasteiger partial charge in [0.1, 0.15) is 0 Å². The van der Waals surface area contributed by atoms with Crippen LogP contribution in [0, 0.1) is 0 Å². The van der Waals surface area contributed by atoms with Crippen molar-refractivity contribution in [3.63, 3.8) is 0 Å². The third kappa shape index (κ3) is 5.10. The number of anilines is 1. The van der Waals surface area contributed by atoms with E-state index >= 15 is 0 Å². The summed E-state index contributed by atoms with van der Waals surface area (Å²) in [4.78, 5) is 24.2. The molecule has 0 atom stereocenters. The highest BCUT2D eigenvalue weighted by atomic mass is 35.5. The zero-order valence-electron chi connectivity index (χ0n) is 9.57. The van der Waals surface area contributed by atoms with E-state index in [2.05, 4.69) is 5.32 Å². The number of rotatable bonds is 3. The van der Waals surface area contributed by atoms with Crippen LogP contribution >= 0.6 is 23.4 Å². The highest BCUT2D eigenvalue weighted by molar-refractivity contribution is 8.14. The Morgan fingerprint density at radius 3 is 2.41 bits per heavy atom. The van der Waals surface area contributed by atoms with Gasteiger partial charge in [-0.25, -0.2) is 0 Å². The standard InChI is InChI=1S/C11H13ClN2O2S/c1-14(2)11(16)17-7-10(15)13-9-5-3-8(12)4-6-9/h3-6H,7H2,1-2H3,(H,13,15). The van der Waals surface area contributed by atoms with Crippen LogP contribution in [0.15, 0.2) is 24.3 Å². The van der Waals surface area contributed by atoms with Crippen LogP contribution in [0.3, 0.4) is 0 Å². The fraction of sp³-hybridized carbons (Fsp3) is 0.273. The molecule has 0 radical (unpaired) electrons. The van der Waals surface area contributed by atoms with E-state index in [-0.39, 0.29) is 16.9 Å². The molecule has 0 bridgehead atoms. The molecule has 0 heterocycles. The average Bonchev–Trinajstić information content (AvgIpc) is 2.29. The molecule has 0 aliphatic carbocycles. The van der Waals surface area contributed by atoms with E-state index in [1.54, 1.807) is 38.4 Å². The van der Waals surface area contributed by atoms with Gasteiger partial charge in [-0.15, -0.1) is 0 Å². The largest absolute Gasteiger partial charge is 0.340 e. The fourth-order valence-electron chi connectivity index (χ4n) is 0.987. The smallest absolute Gasteiger partial charge is 0.281 e. The van der Waals surface area contributed by atoms with Crippen LogP contribution < -0.4 is 5.32 Å². The summed E-state index contributed by atoms with van der Waals surface area (Å²) in [5, 5.41) is 3.14. The first-order valence-corrected chi connectivity index (χ1v) is 6.25. The quantitative estimate of drug-likeness (QED) is 0.920. The van der Waals surface area contributed by atoms with Crippen molar-refractivity contribution in [2.75, 3.05) is 25.2 Å². The lowest BCUT2D eigenvalue weighted by Crippen LogP contribution is -2.20. The maximum absolute atomic E-state index is 11.5. The predicted molar refractivity (Wildman–Crippen MR) is 71.6 cm³/mol. The van der Waals surface area contributed by atoms with E-state index in [4.69, 9.17) is 11.6 Å². The number of benzene rings is 1. The summed E-state index contributed by atoms with van der Waals surface area (Å²) < 4.78 is 0. The maximum Gasteiger partial charge on any atom is 0.281 e. The lowest BCUT2D eigenvalue weighted by molar-refractivity contribution is -0.113. The molecular formula is C11H13ClN2O2S. The van der Waals surface area contributed by atoms with Crippen LogP contribution in [-0.4, -0.2) is 35.9 Å². The number of hydrogen-bond donors (Lipinski definition) is 1. The van der Waals surface area contributed by atoms with Crippen molar-refractivity contribution in [1.29, 1.82) is 0 Å². The Balaban J connectivity index is 2.40. The van der Waals surface area contributed by atoms with Crippen LogP contribution in [0.2, 0.25) is 5.02 Å². The summed E-state index contributed by atoms with van der Waals surface area (Å²) in [6, 6.07) is 6.79. The SMILES string of the molecule is CN(C)C(=O)SCC(=O)Nc1ccc(Cl)cc1. The molecule has 0 aliphatic heterocycles. The first kappa shape index (κ1) is 13.9. The lowest BCUT2D eigenvalue weighted by Gasteiger charge is -2.09. The van der Waals surface area contributed by atoms with E-state index in [0.717, 1.165) is 11.8 Å². The second-order valence-corrected chi connectivity index (χ2v) is 4.87. The van der Waals surface area contributed by atoms with Crippen LogP contribution in [0.5, 0.6) is 0 Å². The van der Waals surface area contributed by atoms with Crippen LogP contribution in [0.25, 0.3) is 0 Å². The summed E-state index contributed by atoms with van der Waals surface area (Å²) in [5.74, 6) is -0.118. The summed E-state index contributed by atoms with van der Waals surface area (Å²) in [6.45, 7) is 0. The molecule has 0 saturated heterocycles. The molecule has 0 aromatic heterocycles. The molecule has 0 aliphatic rings. The molecule has 6 heteroatoms. The van der Waals surface area contributed by atoms with Gasteiger partial charge >= 0.3 is 0 Å². The van der Waals surface area contributed by atoms with Crippen molar-refractivity contribution >= 4 is 40.2 Å². The minimum atomic E-state index is -0.215. The number of hydrogen-bond acceptors (Lipinski definition) is 3. The number of halogens is 1. The number of nitrogens with one attached hydrogen (secondary N) is 1. The first-order chi connectivity index (χ1) is 7.99. The Labute approximate surface area is 109 Å². The second-order valence-electron chi connectivity index (χ2n) is 3.50. The monoisotopic (exact) mass is 272 g/mol. The van der Waals surface area contributed by atoms with Crippen LogP contribution in [0.4, 0.5) is 10.5 Å². The van der Waals surface area contributed by atoms with Crippen molar-refractivity contribution in [3.8, 4) is 0 Å². The minimum Gasteiger partial charge on any atom is -0.340 e. The van der Waals surface area contributed by atoms with Crippen molar-refractivity contribution in [1.82, 2.24) is 4.90 Å². The van der Waals surface area contributed by atoms with Gasteiger partial charge in [0.05, 0.1) is 5.75 Å². The zero-order chi connectivity index (χ0) is 12.8. The van der Waals surface area contributed by atoms with Crippen molar-refractivity contribution in [2.24, 2.45) is 0 Å². The average molecular weight is 273 g/mol. The molecule has 0 saturated carbocycles. The highest BCUT2D eigenvalue weighted by Crippen LogP contribution is 2.14. The molecule has 17 heavy (non-hydrogen) atoms. The summed E-state index contributed by atoms with van der Waals surface area (Å²) in [5.41, 5.74) is 0.664. The molecule has 1 aromatic carbocycles. The van der Waals surface area contributed by atoms with Gasteiger partial charge in [-0.2, -0.15) is 0 Å². The fourth-order valence-corrected chi connectivity index (χ4v) is 1.70. The predicted octanol–water partition coefficient (Wildman–Crippen LogP) is 2.69. The normalized spacial score (nSPS) is 9.82. The zero-order valence-corrected chi connectivity index (χ0v) is 11.1. The van der Waals surface area contributed by atoms with E-state index in [9.17, 15) is 9.59 Å². The Morgan fingerprint density at radius 2 is 1.88 bits per heavy atom. The second kappa shape index (κ2) is 6.51. The van der Waals surface area contributed by atoms with Crippen LogP contribution in [0.1, 0.15) is 0 Å². The van der Waals surface area contributed by atoms with Gasteiger partial charge < -0.3 is 10.2 Å². The molecule has 2 amide bonds. The van der Waals surface area contributed by atoms with Crippen molar-refractivity contribution in [2.45, 2.75) is 0 Å². The van der Waals surface area contributed by atoms with Gasteiger partial charge in [0.15, 0.2) is 0 Å². The summed E-state index contributed by atoms with van der Waals surface area (Å²) >= 11 is 6.68. The van der Waals surface area contributed by atoms with Gasteiger partial charge in [-0.3, -0.25) is 9.59 Å². The van der Waals surface area contributed by atoms with Crippen molar-refractivity contribution < 1.29 is 9.59 Å². The molecular weight excluding hydrogens is 260 g/mol. The molecule has 0 spiro atoms. The van der Waals surface area contributed by atoms with Gasteiger partial charge in [0, 0.05) is 24.8 Å². The lowest BCUT2D eigenvalue weighted by atomic mass is 10.3. The molecule has 0 unspecified atom stereocenters. The Kier molecular flexibility index (Phi) is 5.31. The number of carbonyl (C=O) groups excluding carboxylic acids is 2. The highest BCUT2D eigenvalue weighted by Gasteiger charge is 2.09. The van der Waals surface area contributed by atoms with E-state index < -0.39 is 0 Å². The topological polar surface area (TPSA) is 49.4 Å². The molecule has 0 fully saturated rings. The Hall–Kier alpha value is -1.20. The molecule has 1 N–H and O–H groups in total. The van der Waals surface area contributed by atoms with Crippen LogP contribution in [-0.2, 0) is 4.79 Å². The third-order valence-corrected chi connectivity index (χ3v) is 3.09. The van der Waals surface area contributed by atoms with Gasteiger partial charge in [-0.05, 0) is 24.3 Å².